The van der Waals surface area contributed by atoms with Gasteiger partial charge in [-0.25, -0.2) is 0 Å². The van der Waals surface area contributed by atoms with Crippen LogP contribution in [0.15, 0.2) is 77.4 Å². The smallest absolute Gasteiger partial charge is 0.311 e. The van der Waals surface area contributed by atoms with Crippen molar-refractivity contribution in [3.8, 4) is 5.75 Å². The summed E-state index contributed by atoms with van der Waals surface area (Å²) in [5.41, 5.74) is 0.981. The number of rotatable bonds is 8. The van der Waals surface area contributed by atoms with Gasteiger partial charge in [0.2, 0.25) is 0 Å². The van der Waals surface area contributed by atoms with E-state index in [2.05, 4.69) is 0 Å². The van der Waals surface area contributed by atoms with Crippen LogP contribution in [0.4, 0.5) is 0 Å². The van der Waals surface area contributed by atoms with Crippen LogP contribution in [-0.2, 0) is 4.79 Å². The van der Waals surface area contributed by atoms with E-state index in [-0.39, 0.29) is 48.3 Å². The van der Waals surface area contributed by atoms with Crippen molar-refractivity contribution in [3.63, 3.8) is 0 Å². The van der Waals surface area contributed by atoms with Gasteiger partial charge in [0.15, 0.2) is 5.78 Å². The van der Waals surface area contributed by atoms with Crippen LogP contribution in [0, 0.1) is 0 Å². The standard InChI is InChI=1S/C25H19NO6/c27-21(14-13-17-7-6-16-31-17)20-10-3-4-11-22(20)32-23(28)12-5-15-26-24(29)18-8-1-2-9-19(18)25(26)30/h1-4,6-11,13-14,16H,5,12,15H2/b14-13+. The zero-order valence-corrected chi connectivity index (χ0v) is 17.0. The van der Waals surface area contributed by atoms with Crippen LogP contribution in [-0.4, -0.2) is 35.0 Å². The first-order valence-electron chi connectivity index (χ1n) is 10.1. The molecule has 7 nitrogen and oxygen atoms in total. The number of furan rings is 1. The van der Waals surface area contributed by atoms with Gasteiger partial charge < -0.3 is 9.15 Å². The van der Waals surface area contributed by atoms with Gasteiger partial charge in [-0.15, -0.1) is 0 Å². The number of allylic oxidation sites excluding steroid dienone is 1. The van der Waals surface area contributed by atoms with Gasteiger partial charge in [-0.1, -0.05) is 24.3 Å². The summed E-state index contributed by atoms with van der Waals surface area (Å²) in [5.74, 6) is -0.947. The highest BCUT2D eigenvalue weighted by atomic mass is 16.5. The summed E-state index contributed by atoms with van der Waals surface area (Å²) in [6.07, 6.45) is 4.61. The first kappa shape index (κ1) is 21.0. The Kier molecular flexibility index (Phi) is 6.07. The van der Waals surface area contributed by atoms with Gasteiger partial charge in [-0.05, 0) is 55.0 Å². The molecule has 2 aromatic carbocycles. The van der Waals surface area contributed by atoms with Crippen LogP contribution >= 0.6 is 0 Å². The fourth-order valence-corrected chi connectivity index (χ4v) is 3.39. The summed E-state index contributed by atoms with van der Waals surface area (Å²) in [4.78, 5) is 50.7. The third-order valence-corrected chi connectivity index (χ3v) is 4.96. The Hall–Kier alpha value is -4.26. The lowest BCUT2D eigenvalue weighted by molar-refractivity contribution is -0.134. The Balaban J connectivity index is 1.34. The van der Waals surface area contributed by atoms with E-state index in [9.17, 15) is 19.2 Å². The molecular formula is C25H19NO6. The quantitative estimate of drug-likeness (QED) is 0.176. The number of amides is 2. The van der Waals surface area contributed by atoms with Crippen molar-refractivity contribution in [1.82, 2.24) is 4.90 Å². The maximum atomic E-state index is 12.5. The second kappa shape index (κ2) is 9.26. The lowest BCUT2D eigenvalue weighted by atomic mass is 10.1. The molecule has 0 unspecified atom stereocenters. The van der Waals surface area contributed by atoms with E-state index in [1.54, 1.807) is 54.6 Å². The maximum Gasteiger partial charge on any atom is 0.311 e. The SMILES string of the molecule is O=C(CCCN1C(=O)c2ccccc2C1=O)Oc1ccccc1C(=O)/C=C/c1ccco1. The molecule has 7 heteroatoms. The molecular weight excluding hydrogens is 410 g/mol. The third kappa shape index (κ3) is 4.41. The van der Waals surface area contributed by atoms with E-state index in [0.717, 1.165) is 4.90 Å². The van der Waals surface area contributed by atoms with E-state index in [4.69, 9.17) is 9.15 Å². The average Bonchev–Trinajstić information content (AvgIpc) is 3.41. The summed E-state index contributed by atoms with van der Waals surface area (Å²) in [6, 6.07) is 16.5. The van der Waals surface area contributed by atoms with Gasteiger partial charge in [-0.2, -0.15) is 0 Å². The highest BCUT2D eigenvalue weighted by Crippen LogP contribution is 2.23. The van der Waals surface area contributed by atoms with Crippen LogP contribution in [0.3, 0.4) is 0 Å². The minimum absolute atomic E-state index is 0.0157. The number of benzene rings is 2. The zero-order chi connectivity index (χ0) is 22.5. The molecule has 0 spiro atoms. The fraction of sp³-hybridized carbons (Fsp3) is 0.120. The summed E-state index contributed by atoms with van der Waals surface area (Å²) in [6.45, 7) is 0.105. The molecule has 0 atom stereocenters. The molecule has 2 amide bonds. The maximum absolute atomic E-state index is 12.5. The summed E-state index contributed by atoms with van der Waals surface area (Å²) in [5, 5.41) is 0. The Morgan fingerprint density at radius 3 is 2.28 bits per heavy atom. The lowest BCUT2D eigenvalue weighted by Gasteiger charge is -2.13. The molecule has 1 aliphatic heterocycles. The van der Waals surface area contributed by atoms with Gasteiger partial charge >= 0.3 is 5.97 Å². The van der Waals surface area contributed by atoms with Gasteiger partial charge in [-0.3, -0.25) is 24.1 Å². The highest BCUT2D eigenvalue weighted by molar-refractivity contribution is 6.21. The Morgan fingerprint density at radius 2 is 1.59 bits per heavy atom. The molecule has 4 rings (SSSR count). The number of ketones is 1. The normalized spacial score (nSPS) is 12.9. The van der Waals surface area contributed by atoms with Crippen molar-refractivity contribution < 1.29 is 28.3 Å². The van der Waals surface area contributed by atoms with Crippen molar-refractivity contribution in [2.24, 2.45) is 0 Å². The van der Waals surface area contributed by atoms with E-state index in [1.807, 2.05) is 0 Å². The largest absolute Gasteiger partial charge is 0.465 e. The van der Waals surface area contributed by atoms with E-state index in [0.29, 0.717) is 16.9 Å². The highest BCUT2D eigenvalue weighted by Gasteiger charge is 2.34. The molecule has 0 saturated carbocycles. The fourth-order valence-electron chi connectivity index (χ4n) is 3.39. The lowest BCUT2D eigenvalue weighted by Crippen LogP contribution is -2.31. The van der Waals surface area contributed by atoms with Crippen molar-refractivity contribution in [2.75, 3.05) is 6.54 Å². The molecule has 0 N–H and O–H groups in total. The molecule has 32 heavy (non-hydrogen) atoms. The number of imide groups is 1. The van der Waals surface area contributed by atoms with E-state index in [1.165, 1.54) is 24.5 Å². The number of fused-ring (bicyclic) bond motifs is 1. The van der Waals surface area contributed by atoms with Gasteiger partial charge in [0, 0.05) is 13.0 Å². The molecule has 2 heterocycles. The molecule has 0 bridgehead atoms. The molecule has 3 aromatic rings. The molecule has 0 fully saturated rings. The Labute approximate surface area is 183 Å². The number of ether oxygens (including phenoxy) is 1. The van der Waals surface area contributed by atoms with Crippen LogP contribution < -0.4 is 4.74 Å². The monoisotopic (exact) mass is 429 g/mol. The van der Waals surface area contributed by atoms with Crippen molar-refractivity contribution in [2.45, 2.75) is 12.8 Å². The average molecular weight is 429 g/mol. The first-order valence-corrected chi connectivity index (χ1v) is 10.1. The number of para-hydroxylation sites is 1. The summed E-state index contributed by atoms with van der Waals surface area (Å²) in [7, 11) is 0. The number of carbonyl (C=O) groups is 4. The number of hydrogen-bond donors (Lipinski definition) is 0. The van der Waals surface area contributed by atoms with Crippen molar-refractivity contribution in [3.05, 3.63) is 95.5 Å². The predicted molar refractivity (Wildman–Crippen MR) is 115 cm³/mol. The zero-order valence-electron chi connectivity index (χ0n) is 17.0. The Bertz CT molecular complexity index is 1170. The second-order valence-electron chi connectivity index (χ2n) is 7.09. The van der Waals surface area contributed by atoms with Crippen LogP contribution in [0.1, 0.15) is 49.7 Å². The van der Waals surface area contributed by atoms with Crippen LogP contribution in [0.25, 0.3) is 6.08 Å². The van der Waals surface area contributed by atoms with Crippen LogP contribution in [0.5, 0.6) is 5.75 Å². The number of carbonyl (C=O) groups excluding carboxylic acids is 4. The molecule has 160 valence electrons. The summed E-state index contributed by atoms with van der Waals surface area (Å²) < 4.78 is 10.5. The van der Waals surface area contributed by atoms with Crippen molar-refractivity contribution in [1.29, 1.82) is 0 Å². The second-order valence-corrected chi connectivity index (χ2v) is 7.09. The molecule has 1 aromatic heterocycles. The van der Waals surface area contributed by atoms with E-state index >= 15 is 0 Å². The Morgan fingerprint density at radius 1 is 0.906 bits per heavy atom. The van der Waals surface area contributed by atoms with E-state index < -0.39 is 5.97 Å². The topological polar surface area (TPSA) is 93.9 Å². The first-order chi connectivity index (χ1) is 15.5. The number of esters is 1. The number of hydrogen-bond acceptors (Lipinski definition) is 6. The van der Waals surface area contributed by atoms with Gasteiger partial charge in [0.25, 0.3) is 11.8 Å². The molecule has 0 saturated heterocycles. The number of nitrogens with zero attached hydrogens (tertiary/aromatic N) is 1. The van der Waals surface area contributed by atoms with Gasteiger partial charge in [0.05, 0.1) is 23.0 Å². The third-order valence-electron chi connectivity index (χ3n) is 4.96. The van der Waals surface area contributed by atoms with Crippen LogP contribution in [0.2, 0.25) is 0 Å². The molecule has 1 aliphatic rings. The predicted octanol–water partition coefficient (Wildman–Crippen LogP) is 4.16. The molecule has 0 radical (unpaired) electrons. The minimum atomic E-state index is -0.558. The summed E-state index contributed by atoms with van der Waals surface area (Å²) >= 11 is 0. The van der Waals surface area contributed by atoms with Crippen molar-refractivity contribution >= 4 is 29.6 Å². The molecule has 0 aliphatic carbocycles. The van der Waals surface area contributed by atoms with Gasteiger partial charge in [0.1, 0.15) is 11.5 Å². The minimum Gasteiger partial charge on any atom is -0.465 e.